The Kier molecular flexibility index (Phi) is 18.4. The Morgan fingerprint density at radius 1 is 0.134 bits per heavy atom. The largest absolute Gasteiger partial charge is 0.456 e. The smallest absolute Gasteiger partial charge is 0.143 e. The first-order valence-corrected chi connectivity index (χ1v) is 38.2. The molecule has 18 aromatic carbocycles. The van der Waals surface area contributed by atoms with Crippen molar-refractivity contribution in [3.63, 3.8) is 0 Å². The molecule has 0 aliphatic rings. The lowest BCUT2D eigenvalue weighted by molar-refractivity contribution is 0.669. The van der Waals surface area contributed by atoms with Crippen LogP contribution in [0.25, 0.3) is 155 Å². The molecule has 0 fully saturated rings. The molecule has 112 heavy (non-hydrogen) atoms. The average Bonchev–Trinajstić information content (AvgIpc) is 1.63. The van der Waals surface area contributed by atoms with Gasteiger partial charge in [0.2, 0.25) is 0 Å². The molecule has 0 aliphatic carbocycles. The minimum absolute atomic E-state index is 0.887. The van der Waals surface area contributed by atoms with Gasteiger partial charge in [-0.1, -0.05) is 340 Å². The third-order valence-corrected chi connectivity index (χ3v) is 21.4. The van der Waals surface area contributed by atoms with Gasteiger partial charge >= 0.3 is 0 Å². The molecule has 0 N–H and O–H groups in total. The fourth-order valence-corrected chi connectivity index (χ4v) is 15.6. The number of fused-ring (bicyclic) bond motifs is 6. The fourth-order valence-electron chi connectivity index (χ4n) is 15.6. The van der Waals surface area contributed by atoms with Gasteiger partial charge in [0, 0.05) is 61.2 Å². The summed E-state index contributed by atoms with van der Waals surface area (Å²) in [4.78, 5) is 4.66. The van der Waals surface area contributed by atoms with E-state index in [4.69, 9.17) is 8.83 Å². The number of rotatable bonds is 16. The van der Waals surface area contributed by atoms with Crippen LogP contribution in [0.5, 0.6) is 0 Å². The van der Waals surface area contributed by atoms with Crippen LogP contribution in [0.4, 0.5) is 34.1 Å². The molecule has 2 aromatic heterocycles. The zero-order valence-corrected chi connectivity index (χ0v) is 61.4. The maximum Gasteiger partial charge on any atom is 0.143 e. The minimum Gasteiger partial charge on any atom is -0.456 e. The van der Waals surface area contributed by atoms with Gasteiger partial charge < -0.3 is 18.6 Å². The van der Waals surface area contributed by atoms with Crippen LogP contribution < -0.4 is 9.80 Å². The van der Waals surface area contributed by atoms with Crippen LogP contribution in [-0.4, -0.2) is 0 Å². The Bertz CT molecular complexity index is 6460. The number of furan rings is 2. The summed E-state index contributed by atoms with van der Waals surface area (Å²) < 4.78 is 13.0. The van der Waals surface area contributed by atoms with Crippen molar-refractivity contribution in [1.82, 2.24) is 0 Å². The summed E-state index contributed by atoms with van der Waals surface area (Å²) in [5, 5.41) is 4.52. The van der Waals surface area contributed by atoms with Gasteiger partial charge in [-0.15, -0.1) is 0 Å². The Hall–Kier alpha value is -14.8. The summed E-state index contributed by atoms with van der Waals surface area (Å²) in [5.41, 5.74) is 33.6. The summed E-state index contributed by atoms with van der Waals surface area (Å²) in [6.45, 7) is 0. The standard InChI is InChI=1S/2C54H37NO/c1-4-13-38(14-5-1)40-23-30-45(31-24-40)55(46-32-25-41(26-33-46)39-15-6-2-7-16-39)47-34-27-43(28-35-47)48-19-10-11-20-49(48)44-29-36-51-52-22-12-21-50(42-17-8-3-9-18-42)54(52)56-53(51)37-44;1-4-10-38(11-5-1)42-20-28-48(29-21-42)55(49-30-22-43(23-31-49)39-12-6-2-7-13-39)50-32-24-44(25-33-50)41-16-18-45(19-17-41)47-27-35-52-51-34-26-46(40-14-8-3-9-15-40)36-53(51)56-54(52)37-47/h2*1-37H. The van der Waals surface area contributed by atoms with Gasteiger partial charge in [0.05, 0.1) is 0 Å². The third kappa shape index (κ3) is 13.8. The highest BCUT2D eigenvalue weighted by atomic mass is 16.3. The summed E-state index contributed by atoms with van der Waals surface area (Å²) in [7, 11) is 0. The van der Waals surface area contributed by atoms with Gasteiger partial charge in [0.1, 0.15) is 22.3 Å². The summed E-state index contributed by atoms with van der Waals surface area (Å²) in [5.74, 6) is 0. The molecule has 0 atom stereocenters. The van der Waals surface area contributed by atoms with Crippen molar-refractivity contribution < 1.29 is 8.83 Å². The quantitative estimate of drug-likeness (QED) is 0.0965. The first-order chi connectivity index (χ1) is 55.5. The Balaban J connectivity index is 0.000000151. The highest BCUT2D eigenvalue weighted by Gasteiger charge is 2.20. The Morgan fingerprint density at radius 2 is 0.348 bits per heavy atom. The first kappa shape index (κ1) is 67.7. The van der Waals surface area contributed by atoms with Gasteiger partial charge in [-0.3, -0.25) is 0 Å². The van der Waals surface area contributed by atoms with Crippen LogP contribution >= 0.6 is 0 Å². The summed E-state index contributed by atoms with van der Waals surface area (Å²) >= 11 is 0. The van der Waals surface area contributed by atoms with Gasteiger partial charge in [-0.05, 0) is 215 Å². The second-order valence-electron chi connectivity index (χ2n) is 28.3. The molecule has 0 spiro atoms. The molecule has 20 aromatic rings. The van der Waals surface area contributed by atoms with Crippen molar-refractivity contribution in [2.24, 2.45) is 0 Å². The Labute approximate surface area is 652 Å². The molecule has 4 heteroatoms. The number of para-hydroxylation sites is 1. The van der Waals surface area contributed by atoms with Crippen molar-refractivity contribution in [2.75, 3.05) is 9.80 Å². The Morgan fingerprint density at radius 3 is 0.696 bits per heavy atom. The van der Waals surface area contributed by atoms with E-state index in [2.05, 4.69) is 447 Å². The van der Waals surface area contributed by atoms with Crippen LogP contribution in [0.15, 0.2) is 458 Å². The highest BCUT2D eigenvalue weighted by molar-refractivity contribution is 6.11. The van der Waals surface area contributed by atoms with E-state index in [1.165, 1.54) is 66.8 Å². The predicted octanol–water partition coefficient (Wildman–Crippen LogP) is 30.8. The molecule has 4 nitrogen and oxygen atoms in total. The van der Waals surface area contributed by atoms with Crippen molar-refractivity contribution in [2.45, 2.75) is 0 Å². The van der Waals surface area contributed by atoms with Crippen LogP contribution in [0.2, 0.25) is 0 Å². The van der Waals surface area contributed by atoms with Crippen molar-refractivity contribution in [3.05, 3.63) is 449 Å². The fraction of sp³-hybridized carbons (Fsp3) is 0. The molecule has 0 bridgehead atoms. The molecule has 528 valence electrons. The van der Waals surface area contributed by atoms with Gasteiger partial charge in [0.25, 0.3) is 0 Å². The second-order valence-corrected chi connectivity index (χ2v) is 28.3. The number of anilines is 6. The molecule has 0 saturated heterocycles. The van der Waals surface area contributed by atoms with E-state index >= 15 is 0 Å². The van der Waals surface area contributed by atoms with E-state index < -0.39 is 0 Å². The topological polar surface area (TPSA) is 32.8 Å². The van der Waals surface area contributed by atoms with E-state index in [1.807, 2.05) is 12.1 Å². The van der Waals surface area contributed by atoms with E-state index in [1.54, 1.807) is 0 Å². The number of hydrogen-bond acceptors (Lipinski definition) is 4. The molecular weight excluding hydrogens is 1360 g/mol. The molecule has 20 rings (SSSR count). The number of benzene rings is 18. The lowest BCUT2D eigenvalue weighted by Gasteiger charge is -2.26. The lowest BCUT2D eigenvalue weighted by Crippen LogP contribution is -2.09. The summed E-state index contributed by atoms with van der Waals surface area (Å²) in [6, 6.07) is 160. The molecule has 0 amide bonds. The van der Waals surface area contributed by atoms with Gasteiger partial charge in [-0.25, -0.2) is 0 Å². The van der Waals surface area contributed by atoms with Gasteiger partial charge in [-0.2, -0.15) is 0 Å². The maximum absolute atomic E-state index is 6.63. The van der Waals surface area contributed by atoms with Crippen LogP contribution in [-0.2, 0) is 0 Å². The van der Waals surface area contributed by atoms with Crippen LogP contribution in [0, 0.1) is 0 Å². The highest BCUT2D eigenvalue weighted by Crippen LogP contribution is 2.44. The molecule has 0 saturated carbocycles. The predicted molar refractivity (Wildman–Crippen MR) is 471 cm³/mol. The van der Waals surface area contributed by atoms with E-state index in [0.717, 1.165) is 123 Å². The monoisotopic (exact) mass is 1430 g/mol. The third-order valence-electron chi connectivity index (χ3n) is 21.4. The van der Waals surface area contributed by atoms with Crippen LogP contribution in [0.3, 0.4) is 0 Å². The van der Waals surface area contributed by atoms with Gasteiger partial charge in [0.15, 0.2) is 0 Å². The summed E-state index contributed by atoms with van der Waals surface area (Å²) in [6.07, 6.45) is 0. The van der Waals surface area contributed by atoms with E-state index in [0.29, 0.717) is 0 Å². The minimum atomic E-state index is 0.887. The second kappa shape index (κ2) is 30.4. The molecule has 0 unspecified atom stereocenters. The van der Waals surface area contributed by atoms with E-state index in [-0.39, 0.29) is 0 Å². The number of nitrogens with zero attached hydrogens (tertiary/aromatic N) is 2. The first-order valence-electron chi connectivity index (χ1n) is 38.2. The van der Waals surface area contributed by atoms with E-state index in [9.17, 15) is 0 Å². The van der Waals surface area contributed by atoms with Crippen molar-refractivity contribution >= 4 is 78.0 Å². The van der Waals surface area contributed by atoms with Crippen LogP contribution in [0.1, 0.15) is 0 Å². The molecule has 0 aliphatic heterocycles. The SMILES string of the molecule is c1ccc(-c2ccc(N(c3ccc(-c4ccccc4)cc3)c3ccc(-c4ccc(-c5ccc6c(c5)oc5cc(-c7ccccc7)ccc56)cc4)cc3)cc2)cc1.c1ccc(-c2ccc(N(c3ccc(-c4ccccc4)cc3)c3ccc(-c4ccccc4-c4ccc5c(c4)oc4c(-c6ccccc6)cccc45)cc3)cc2)cc1. The van der Waals surface area contributed by atoms with Crippen molar-refractivity contribution in [1.29, 1.82) is 0 Å². The maximum atomic E-state index is 6.63. The zero-order valence-electron chi connectivity index (χ0n) is 61.4. The zero-order chi connectivity index (χ0) is 74.5. The van der Waals surface area contributed by atoms with Crippen molar-refractivity contribution in [3.8, 4) is 111 Å². The molecule has 0 radical (unpaired) electrons. The molecule has 2 heterocycles. The lowest BCUT2D eigenvalue weighted by atomic mass is 9.93. The molecular formula is C108H74N2O2. The average molecular weight is 1430 g/mol. The normalized spacial score (nSPS) is 11.2. The number of hydrogen-bond donors (Lipinski definition) is 0.